The lowest BCUT2D eigenvalue weighted by atomic mass is 10.1. The second-order valence-electron chi connectivity index (χ2n) is 5.26. The molecule has 1 saturated heterocycles. The molecule has 21 heavy (non-hydrogen) atoms. The summed E-state index contributed by atoms with van der Waals surface area (Å²) < 4.78 is 0. The fourth-order valence-corrected chi connectivity index (χ4v) is 2.29. The Hall–Kier alpha value is -2.11. The molecule has 1 aromatic rings. The average Bonchev–Trinajstić information content (AvgIpc) is 2.47. The molecule has 0 spiro atoms. The van der Waals surface area contributed by atoms with Crippen LogP contribution in [0, 0.1) is 6.92 Å². The Balaban J connectivity index is 2.12. The van der Waals surface area contributed by atoms with Crippen LogP contribution in [0.25, 0.3) is 0 Å². The maximum Gasteiger partial charge on any atom is 0.255 e. The number of aromatic nitrogens is 1. The van der Waals surface area contributed by atoms with E-state index in [1.165, 1.54) is 0 Å². The third kappa shape index (κ3) is 3.93. The van der Waals surface area contributed by atoms with Gasteiger partial charge in [0.2, 0.25) is 5.91 Å². The Morgan fingerprint density at radius 1 is 1.52 bits per heavy atom. The number of hydrogen-bond acceptors (Lipinski definition) is 4. The largest absolute Gasteiger partial charge is 0.384 e. The Morgan fingerprint density at radius 3 is 3.05 bits per heavy atom. The van der Waals surface area contributed by atoms with Crippen LogP contribution >= 0.6 is 0 Å². The third-order valence-electron chi connectivity index (χ3n) is 3.44. The van der Waals surface area contributed by atoms with E-state index in [1.807, 2.05) is 13.0 Å². The number of hydrogen-bond donors (Lipinski definition) is 3. The third-order valence-corrected chi connectivity index (χ3v) is 3.44. The molecule has 1 aromatic heterocycles. The highest BCUT2D eigenvalue weighted by molar-refractivity contribution is 6.01. The summed E-state index contributed by atoms with van der Waals surface area (Å²) in [5, 5.41) is 8.78. The van der Waals surface area contributed by atoms with Crippen LogP contribution < -0.4 is 16.0 Å². The van der Waals surface area contributed by atoms with E-state index in [0.29, 0.717) is 18.5 Å². The molecule has 0 aromatic carbocycles. The van der Waals surface area contributed by atoms with Crippen molar-refractivity contribution in [2.75, 3.05) is 18.4 Å². The number of carbonyl (C=O) groups is 2. The van der Waals surface area contributed by atoms with E-state index in [2.05, 4.69) is 27.9 Å². The standard InChI is InChI=1S/C15H22N4O2/c1-3-6-16-13-8-10(2)18-9-11(13)14(20)19-12-5-4-7-17-15(12)21/h8-9,12H,3-7H2,1-2H3,(H,16,18)(H,17,21)(H,19,20). The van der Waals surface area contributed by atoms with Gasteiger partial charge >= 0.3 is 0 Å². The smallest absolute Gasteiger partial charge is 0.255 e. The first-order chi connectivity index (χ1) is 10.1. The van der Waals surface area contributed by atoms with Crippen LogP contribution in [0.4, 0.5) is 5.69 Å². The molecule has 2 heterocycles. The van der Waals surface area contributed by atoms with Crippen LogP contribution in [0.2, 0.25) is 0 Å². The van der Waals surface area contributed by atoms with E-state index in [4.69, 9.17) is 0 Å². The number of nitrogens with zero attached hydrogens (tertiary/aromatic N) is 1. The highest BCUT2D eigenvalue weighted by Gasteiger charge is 2.25. The number of piperidine rings is 1. The minimum atomic E-state index is -0.452. The maximum atomic E-state index is 12.4. The molecule has 3 N–H and O–H groups in total. The van der Waals surface area contributed by atoms with Gasteiger partial charge in [-0.15, -0.1) is 0 Å². The zero-order chi connectivity index (χ0) is 15.2. The fraction of sp³-hybridized carbons (Fsp3) is 0.533. The Morgan fingerprint density at radius 2 is 2.33 bits per heavy atom. The zero-order valence-electron chi connectivity index (χ0n) is 12.5. The summed E-state index contributed by atoms with van der Waals surface area (Å²) in [7, 11) is 0. The van der Waals surface area contributed by atoms with E-state index in [9.17, 15) is 9.59 Å². The zero-order valence-corrected chi connectivity index (χ0v) is 12.5. The van der Waals surface area contributed by atoms with Crippen molar-refractivity contribution in [3.05, 3.63) is 23.5 Å². The molecule has 6 heteroatoms. The molecule has 6 nitrogen and oxygen atoms in total. The predicted molar refractivity (Wildman–Crippen MR) is 81.3 cm³/mol. The van der Waals surface area contributed by atoms with Gasteiger partial charge in [0, 0.05) is 25.0 Å². The van der Waals surface area contributed by atoms with Gasteiger partial charge < -0.3 is 16.0 Å². The molecule has 1 aliphatic heterocycles. The number of carbonyl (C=O) groups excluding carboxylic acids is 2. The summed E-state index contributed by atoms with van der Waals surface area (Å²) in [6.07, 6.45) is 4.08. The normalized spacial score (nSPS) is 18.0. The summed E-state index contributed by atoms with van der Waals surface area (Å²) in [6, 6.07) is 1.40. The lowest BCUT2D eigenvalue weighted by molar-refractivity contribution is -0.124. The number of aryl methyl sites for hydroxylation is 1. The van der Waals surface area contributed by atoms with Crippen LogP contribution in [0.1, 0.15) is 42.2 Å². The van der Waals surface area contributed by atoms with E-state index >= 15 is 0 Å². The summed E-state index contributed by atoms with van der Waals surface area (Å²) in [6.45, 7) is 5.41. The molecule has 1 unspecified atom stereocenters. The van der Waals surface area contributed by atoms with E-state index in [1.54, 1.807) is 6.20 Å². The van der Waals surface area contributed by atoms with E-state index < -0.39 is 6.04 Å². The van der Waals surface area contributed by atoms with Crippen molar-refractivity contribution in [2.45, 2.75) is 39.2 Å². The van der Waals surface area contributed by atoms with Gasteiger partial charge in [0.25, 0.3) is 5.91 Å². The monoisotopic (exact) mass is 290 g/mol. The van der Waals surface area contributed by atoms with Gasteiger partial charge in [-0.3, -0.25) is 14.6 Å². The summed E-state index contributed by atoms with van der Waals surface area (Å²) in [5.74, 6) is -0.374. The van der Waals surface area contributed by atoms with Gasteiger partial charge in [0.15, 0.2) is 0 Å². The summed E-state index contributed by atoms with van der Waals surface area (Å²) >= 11 is 0. The molecular formula is C15H22N4O2. The first-order valence-corrected chi connectivity index (χ1v) is 7.41. The quantitative estimate of drug-likeness (QED) is 0.761. The maximum absolute atomic E-state index is 12.4. The van der Waals surface area contributed by atoms with Crippen LogP contribution in [0.3, 0.4) is 0 Å². The van der Waals surface area contributed by atoms with Crippen LogP contribution in [0.15, 0.2) is 12.3 Å². The second kappa shape index (κ2) is 7.06. The van der Waals surface area contributed by atoms with Crippen LogP contribution in [-0.4, -0.2) is 35.9 Å². The first kappa shape index (κ1) is 15.3. The van der Waals surface area contributed by atoms with Gasteiger partial charge in [-0.25, -0.2) is 0 Å². The van der Waals surface area contributed by atoms with Gasteiger partial charge in [-0.05, 0) is 32.3 Å². The second-order valence-corrected chi connectivity index (χ2v) is 5.26. The number of nitrogens with one attached hydrogen (secondary N) is 3. The van der Waals surface area contributed by atoms with E-state index in [-0.39, 0.29) is 11.8 Å². The molecule has 0 saturated carbocycles. The Labute approximate surface area is 124 Å². The molecule has 2 rings (SSSR count). The molecule has 0 aliphatic carbocycles. The minimum Gasteiger partial charge on any atom is -0.384 e. The molecular weight excluding hydrogens is 268 g/mol. The van der Waals surface area contributed by atoms with Gasteiger partial charge in [0.05, 0.1) is 11.3 Å². The van der Waals surface area contributed by atoms with E-state index in [0.717, 1.165) is 30.8 Å². The molecule has 1 fully saturated rings. The molecule has 2 amide bonds. The average molecular weight is 290 g/mol. The molecule has 114 valence electrons. The van der Waals surface area contributed by atoms with Crippen molar-refractivity contribution in [3.8, 4) is 0 Å². The van der Waals surface area contributed by atoms with Gasteiger partial charge in [0.1, 0.15) is 6.04 Å². The van der Waals surface area contributed by atoms with Crippen LogP contribution in [-0.2, 0) is 4.79 Å². The van der Waals surface area contributed by atoms with Crippen LogP contribution in [0.5, 0.6) is 0 Å². The van der Waals surface area contributed by atoms with Crippen molar-refractivity contribution < 1.29 is 9.59 Å². The Bertz CT molecular complexity index is 530. The van der Waals surface area contributed by atoms with Crippen molar-refractivity contribution >= 4 is 17.5 Å². The Kier molecular flexibility index (Phi) is 5.14. The SMILES string of the molecule is CCCNc1cc(C)ncc1C(=O)NC1CCCNC1=O. The van der Waals surface area contributed by atoms with Gasteiger partial charge in [-0.2, -0.15) is 0 Å². The fourth-order valence-electron chi connectivity index (χ4n) is 2.29. The lowest BCUT2D eigenvalue weighted by Crippen LogP contribution is -2.50. The predicted octanol–water partition coefficient (Wildman–Crippen LogP) is 1.22. The number of rotatable bonds is 5. The van der Waals surface area contributed by atoms with Crippen molar-refractivity contribution in [1.29, 1.82) is 0 Å². The number of anilines is 1. The van der Waals surface area contributed by atoms with Crippen molar-refractivity contribution in [2.24, 2.45) is 0 Å². The first-order valence-electron chi connectivity index (χ1n) is 7.41. The van der Waals surface area contributed by atoms with Gasteiger partial charge in [-0.1, -0.05) is 6.92 Å². The summed E-state index contributed by atoms with van der Waals surface area (Å²) in [4.78, 5) is 28.3. The number of pyridine rings is 1. The topological polar surface area (TPSA) is 83.1 Å². The highest BCUT2D eigenvalue weighted by Crippen LogP contribution is 2.16. The van der Waals surface area contributed by atoms with Crippen molar-refractivity contribution in [3.63, 3.8) is 0 Å². The molecule has 0 bridgehead atoms. The molecule has 0 radical (unpaired) electrons. The lowest BCUT2D eigenvalue weighted by Gasteiger charge is -2.23. The summed E-state index contributed by atoms with van der Waals surface area (Å²) in [5.41, 5.74) is 2.09. The number of amides is 2. The van der Waals surface area contributed by atoms with Crippen molar-refractivity contribution in [1.82, 2.24) is 15.6 Å². The minimum absolute atomic E-state index is 0.113. The highest BCUT2D eigenvalue weighted by atomic mass is 16.2. The molecule has 1 atom stereocenters. The molecule has 1 aliphatic rings.